The van der Waals surface area contributed by atoms with Crippen molar-refractivity contribution in [2.75, 3.05) is 26.3 Å². The fraction of sp³-hybridized carbons (Fsp3) is 0.538. The van der Waals surface area contributed by atoms with E-state index in [0.717, 1.165) is 17.7 Å². The van der Waals surface area contributed by atoms with Crippen LogP contribution >= 0.6 is 0 Å². The molecule has 0 spiro atoms. The average Bonchev–Trinajstić information content (AvgIpc) is 2.83. The molecular weight excluding hydrogens is 475 g/mol. The van der Waals surface area contributed by atoms with Crippen LogP contribution in [-0.4, -0.2) is 71.6 Å². The molecule has 0 bridgehead atoms. The Labute approximate surface area is 208 Å². The number of halogens is 3. The van der Waals surface area contributed by atoms with Crippen LogP contribution in [0.4, 0.5) is 13.2 Å². The minimum atomic E-state index is -4.41. The molecule has 4 atom stereocenters. The Morgan fingerprint density at radius 1 is 1.14 bits per heavy atom. The molecule has 2 saturated heterocycles. The van der Waals surface area contributed by atoms with Gasteiger partial charge in [-0.15, -0.1) is 0 Å². The Morgan fingerprint density at radius 2 is 1.94 bits per heavy atom. The smallest absolute Gasteiger partial charge is 0.389 e. The maximum atomic E-state index is 13.2. The summed E-state index contributed by atoms with van der Waals surface area (Å²) in [6.45, 7) is 1.41. The third-order valence-electron chi connectivity index (χ3n) is 6.63. The van der Waals surface area contributed by atoms with Crippen LogP contribution in [0.1, 0.15) is 36.0 Å². The Balaban J connectivity index is 1.34. The average molecular weight is 508 g/mol. The van der Waals surface area contributed by atoms with Crippen molar-refractivity contribution in [3.8, 4) is 0 Å². The molecule has 4 rings (SSSR count). The van der Waals surface area contributed by atoms with E-state index in [1.807, 2.05) is 17.0 Å². The van der Waals surface area contributed by atoms with E-state index in [9.17, 15) is 23.1 Å². The fourth-order valence-electron chi connectivity index (χ4n) is 4.88. The number of benzene rings is 1. The van der Waals surface area contributed by atoms with Gasteiger partial charge < -0.3 is 19.9 Å². The van der Waals surface area contributed by atoms with Crippen molar-refractivity contribution in [1.29, 1.82) is 0 Å². The molecule has 0 unspecified atom stereocenters. The first kappa shape index (κ1) is 26.5. The van der Waals surface area contributed by atoms with Gasteiger partial charge in [-0.25, -0.2) is 0 Å². The number of fused-ring (bicyclic) bond motifs is 1. The van der Waals surface area contributed by atoms with Gasteiger partial charge in [0.15, 0.2) is 0 Å². The van der Waals surface area contributed by atoms with E-state index >= 15 is 0 Å². The van der Waals surface area contributed by atoms with Gasteiger partial charge in [0, 0.05) is 38.1 Å². The number of hydrogen-bond donors (Lipinski definition) is 2. The number of ether oxygens (including phenoxy) is 2. The number of carbonyl (C=O) groups excluding carboxylic acids is 1. The minimum Gasteiger partial charge on any atom is -0.389 e. The lowest BCUT2D eigenvalue weighted by Crippen LogP contribution is -2.55. The summed E-state index contributed by atoms with van der Waals surface area (Å²) < 4.78 is 51.4. The Kier molecular flexibility index (Phi) is 8.95. The Hall–Kier alpha value is -2.53. The highest BCUT2D eigenvalue weighted by Gasteiger charge is 2.38. The second kappa shape index (κ2) is 12.1. The number of aromatic nitrogens is 1. The lowest BCUT2D eigenvalue weighted by Gasteiger charge is -2.44. The van der Waals surface area contributed by atoms with Gasteiger partial charge in [-0.2, -0.15) is 13.2 Å². The topological polar surface area (TPSA) is 83.9 Å². The normalized spacial score (nSPS) is 25.4. The number of nitrogens with zero attached hydrogens (tertiary/aromatic N) is 2. The van der Waals surface area contributed by atoms with Crippen LogP contribution in [0.3, 0.4) is 0 Å². The fourth-order valence-corrected chi connectivity index (χ4v) is 4.88. The van der Waals surface area contributed by atoms with Crippen LogP contribution in [0.15, 0.2) is 48.8 Å². The van der Waals surface area contributed by atoms with Crippen LogP contribution in [0.25, 0.3) is 0 Å². The molecule has 36 heavy (non-hydrogen) atoms. The lowest BCUT2D eigenvalue weighted by atomic mass is 9.94. The van der Waals surface area contributed by atoms with Crippen LogP contribution in [0.2, 0.25) is 0 Å². The molecule has 2 aromatic rings. The molecule has 7 nitrogen and oxygen atoms in total. The van der Waals surface area contributed by atoms with E-state index in [-0.39, 0.29) is 56.9 Å². The SMILES string of the molecule is O=C(C[C@H]1CC[C@H]2[C@@H](COC[C@@H](O)CN2Cc2cccc(C(F)(F)F)c2)O1)NCCc1ccncc1. The highest BCUT2D eigenvalue weighted by molar-refractivity contribution is 5.76. The molecule has 0 saturated carbocycles. The van der Waals surface area contributed by atoms with Crippen molar-refractivity contribution in [3.63, 3.8) is 0 Å². The summed E-state index contributed by atoms with van der Waals surface area (Å²) in [6, 6.07) is 8.95. The molecule has 1 amide bonds. The third-order valence-corrected chi connectivity index (χ3v) is 6.63. The molecule has 1 aromatic heterocycles. The number of alkyl halides is 3. The summed E-state index contributed by atoms with van der Waals surface area (Å²) in [6.07, 6.45) is -0.0692. The van der Waals surface area contributed by atoms with Crippen molar-refractivity contribution in [3.05, 3.63) is 65.5 Å². The summed E-state index contributed by atoms with van der Waals surface area (Å²) in [4.78, 5) is 18.4. The molecule has 0 aliphatic carbocycles. The van der Waals surface area contributed by atoms with Crippen molar-refractivity contribution in [2.45, 2.75) is 62.8 Å². The predicted octanol–water partition coefficient (Wildman–Crippen LogP) is 2.96. The van der Waals surface area contributed by atoms with Gasteiger partial charge >= 0.3 is 6.18 Å². The second-order valence-electron chi connectivity index (χ2n) is 9.42. The molecule has 1 aromatic carbocycles. The first-order valence-electron chi connectivity index (χ1n) is 12.2. The first-order chi connectivity index (χ1) is 17.3. The quantitative estimate of drug-likeness (QED) is 0.600. The standard InChI is InChI=1S/C26H32F3N3O4/c27-26(28,29)20-3-1-2-19(12-20)14-32-15-21(33)16-35-17-24-23(32)5-4-22(36-24)13-25(34)31-11-8-18-6-9-30-10-7-18/h1-3,6-7,9-10,12,21-24,33H,4-5,8,11,13-17H2,(H,31,34)/t21-,22+,23-,24+/m0/s1. The summed E-state index contributed by atoms with van der Waals surface area (Å²) in [7, 11) is 0. The van der Waals surface area contributed by atoms with Crippen molar-refractivity contribution in [2.24, 2.45) is 0 Å². The van der Waals surface area contributed by atoms with E-state index in [1.165, 1.54) is 6.07 Å². The van der Waals surface area contributed by atoms with Crippen LogP contribution in [0.5, 0.6) is 0 Å². The van der Waals surface area contributed by atoms with E-state index < -0.39 is 17.8 Å². The molecular formula is C26H32F3N3O4. The van der Waals surface area contributed by atoms with Gasteiger partial charge in [0.1, 0.15) is 0 Å². The molecule has 10 heteroatoms. The van der Waals surface area contributed by atoms with Gasteiger partial charge in [0.25, 0.3) is 0 Å². The van der Waals surface area contributed by atoms with E-state index in [2.05, 4.69) is 10.3 Å². The van der Waals surface area contributed by atoms with Gasteiger partial charge in [0.05, 0.1) is 43.5 Å². The largest absolute Gasteiger partial charge is 0.416 e. The number of aliphatic hydroxyl groups is 1. The summed E-state index contributed by atoms with van der Waals surface area (Å²) in [5.74, 6) is -0.0875. The summed E-state index contributed by atoms with van der Waals surface area (Å²) >= 11 is 0. The zero-order valence-electron chi connectivity index (χ0n) is 20.0. The number of rotatable bonds is 7. The minimum absolute atomic E-state index is 0.0875. The number of hydrogen-bond acceptors (Lipinski definition) is 6. The van der Waals surface area contributed by atoms with E-state index in [1.54, 1.807) is 18.5 Å². The maximum Gasteiger partial charge on any atom is 0.416 e. The third kappa shape index (κ3) is 7.49. The van der Waals surface area contributed by atoms with E-state index in [0.29, 0.717) is 31.4 Å². The number of aliphatic hydroxyl groups excluding tert-OH is 1. The number of pyridine rings is 1. The molecule has 2 aliphatic rings. The van der Waals surface area contributed by atoms with Gasteiger partial charge in [-0.05, 0) is 48.6 Å². The summed E-state index contributed by atoms with van der Waals surface area (Å²) in [5.41, 5.74) is 0.923. The highest BCUT2D eigenvalue weighted by Crippen LogP contribution is 2.32. The van der Waals surface area contributed by atoms with Gasteiger partial charge in [0.2, 0.25) is 5.91 Å². The zero-order chi connectivity index (χ0) is 25.5. The van der Waals surface area contributed by atoms with Gasteiger partial charge in [-0.3, -0.25) is 14.7 Å². The monoisotopic (exact) mass is 507 g/mol. The molecule has 0 radical (unpaired) electrons. The van der Waals surface area contributed by atoms with Crippen molar-refractivity contribution < 1.29 is 32.5 Å². The number of carbonyl (C=O) groups is 1. The molecule has 2 aliphatic heterocycles. The summed E-state index contributed by atoms with van der Waals surface area (Å²) in [5, 5.41) is 13.3. The molecule has 196 valence electrons. The lowest BCUT2D eigenvalue weighted by molar-refractivity contribution is -0.158. The zero-order valence-corrected chi connectivity index (χ0v) is 20.0. The first-order valence-corrected chi connectivity index (χ1v) is 12.2. The molecule has 2 N–H and O–H groups in total. The van der Waals surface area contributed by atoms with Crippen LogP contribution < -0.4 is 5.32 Å². The number of amides is 1. The number of nitrogens with one attached hydrogen (secondary N) is 1. The highest BCUT2D eigenvalue weighted by atomic mass is 19.4. The Bertz CT molecular complexity index is 992. The van der Waals surface area contributed by atoms with Gasteiger partial charge in [-0.1, -0.05) is 18.2 Å². The second-order valence-corrected chi connectivity index (χ2v) is 9.42. The maximum absolute atomic E-state index is 13.2. The van der Waals surface area contributed by atoms with Crippen LogP contribution in [-0.2, 0) is 33.4 Å². The van der Waals surface area contributed by atoms with Crippen molar-refractivity contribution >= 4 is 5.91 Å². The Morgan fingerprint density at radius 3 is 2.72 bits per heavy atom. The van der Waals surface area contributed by atoms with E-state index in [4.69, 9.17) is 9.47 Å². The van der Waals surface area contributed by atoms with Crippen LogP contribution in [0, 0.1) is 0 Å². The number of β-amino-alcohol motifs (C(OH)–C–C–N with tert-alkyl or cyclic N) is 1. The molecule has 3 heterocycles. The molecule has 2 fully saturated rings. The predicted molar refractivity (Wildman–Crippen MR) is 126 cm³/mol. The van der Waals surface area contributed by atoms with Crippen molar-refractivity contribution in [1.82, 2.24) is 15.2 Å².